The van der Waals surface area contributed by atoms with Gasteiger partial charge >= 0.3 is 0 Å². The fourth-order valence-corrected chi connectivity index (χ4v) is 5.46. The van der Waals surface area contributed by atoms with Gasteiger partial charge in [-0.3, -0.25) is 9.52 Å². The lowest BCUT2D eigenvalue weighted by molar-refractivity contribution is 0.0720. The number of likely N-dealkylation sites (tertiary alicyclic amines) is 1. The van der Waals surface area contributed by atoms with E-state index in [9.17, 15) is 13.2 Å². The van der Waals surface area contributed by atoms with Gasteiger partial charge in [0.25, 0.3) is 15.9 Å². The number of nitrogens with one attached hydrogen (secondary N) is 1. The maximum atomic E-state index is 13.4. The summed E-state index contributed by atoms with van der Waals surface area (Å²) in [7, 11) is -0.857. The highest BCUT2D eigenvalue weighted by molar-refractivity contribution is 7.92. The van der Waals surface area contributed by atoms with E-state index in [1.807, 2.05) is 0 Å². The van der Waals surface area contributed by atoms with Crippen LogP contribution in [0.25, 0.3) is 0 Å². The van der Waals surface area contributed by atoms with Gasteiger partial charge in [-0.2, -0.15) is 0 Å². The van der Waals surface area contributed by atoms with Crippen LogP contribution in [0.4, 0.5) is 5.69 Å². The zero-order chi connectivity index (χ0) is 21.3. The normalized spacial score (nSPS) is 14.7. The molecule has 0 radical (unpaired) electrons. The first-order valence-electron chi connectivity index (χ1n) is 9.49. The van der Waals surface area contributed by atoms with E-state index in [4.69, 9.17) is 16.3 Å². The summed E-state index contributed by atoms with van der Waals surface area (Å²) in [5.74, 6) is 0.0940. The van der Waals surface area contributed by atoms with Gasteiger partial charge in [-0.25, -0.2) is 8.42 Å². The summed E-state index contributed by atoms with van der Waals surface area (Å²) < 4.78 is 36.3. The minimum Gasteiger partial charge on any atom is -0.495 e. The van der Waals surface area contributed by atoms with Crippen molar-refractivity contribution in [3.8, 4) is 5.75 Å². The predicted molar refractivity (Wildman–Crippen MR) is 113 cm³/mol. The summed E-state index contributed by atoms with van der Waals surface area (Å²) >= 11 is 6.04. The summed E-state index contributed by atoms with van der Waals surface area (Å²) in [6.07, 6.45) is 2.94. The molecule has 1 aromatic carbocycles. The Hall–Kier alpha value is -2.19. The zero-order valence-electron chi connectivity index (χ0n) is 17.1. The number of nitrogens with zero attached hydrogens (tertiary/aromatic N) is 2. The Bertz CT molecular complexity index is 1040. The molecule has 1 amide bonds. The molecule has 1 fully saturated rings. The molecule has 0 unspecified atom stereocenters. The van der Waals surface area contributed by atoms with Crippen LogP contribution in [-0.4, -0.2) is 44.0 Å². The van der Waals surface area contributed by atoms with Crippen molar-refractivity contribution >= 4 is 33.2 Å². The molecule has 9 heteroatoms. The highest BCUT2D eigenvalue weighted by Gasteiger charge is 2.33. The molecule has 29 heavy (non-hydrogen) atoms. The van der Waals surface area contributed by atoms with E-state index in [0.717, 1.165) is 19.3 Å². The third-order valence-corrected chi connectivity index (χ3v) is 7.22. The van der Waals surface area contributed by atoms with Gasteiger partial charge in [0.15, 0.2) is 0 Å². The SMILES string of the molecule is COc1ccc(Cl)cc1NS(=O)(=O)c1c(C(=O)N2CCCCC2)c(C)n(C)c1C. The molecule has 1 N–H and O–H groups in total. The van der Waals surface area contributed by atoms with Crippen LogP contribution in [-0.2, 0) is 17.1 Å². The van der Waals surface area contributed by atoms with Crippen molar-refractivity contribution < 1.29 is 17.9 Å². The highest BCUT2D eigenvalue weighted by Crippen LogP contribution is 2.33. The van der Waals surface area contributed by atoms with Gasteiger partial charge in [0.05, 0.1) is 18.4 Å². The number of hydrogen-bond acceptors (Lipinski definition) is 4. The monoisotopic (exact) mass is 439 g/mol. The Morgan fingerprint density at radius 3 is 2.41 bits per heavy atom. The number of sulfonamides is 1. The van der Waals surface area contributed by atoms with Gasteiger partial charge in [0, 0.05) is 36.5 Å². The molecule has 0 bridgehead atoms. The first kappa shape index (κ1) is 21.5. The first-order chi connectivity index (χ1) is 13.7. The second-order valence-electron chi connectivity index (χ2n) is 7.24. The highest BCUT2D eigenvalue weighted by atomic mass is 35.5. The van der Waals surface area contributed by atoms with Crippen LogP contribution in [0, 0.1) is 13.8 Å². The smallest absolute Gasteiger partial charge is 0.264 e. The molecule has 1 aromatic heterocycles. The van der Waals surface area contributed by atoms with Crippen LogP contribution in [0.3, 0.4) is 0 Å². The van der Waals surface area contributed by atoms with E-state index in [-0.39, 0.29) is 22.1 Å². The summed E-state index contributed by atoms with van der Waals surface area (Å²) in [5.41, 5.74) is 1.56. The van der Waals surface area contributed by atoms with Gasteiger partial charge in [-0.05, 0) is 51.3 Å². The molecule has 1 aliphatic heterocycles. The van der Waals surface area contributed by atoms with E-state index >= 15 is 0 Å². The summed E-state index contributed by atoms with van der Waals surface area (Å²) in [6.45, 7) is 4.75. The molecule has 0 aliphatic carbocycles. The lowest BCUT2D eigenvalue weighted by Crippen LogP contribution is -2.36. The van der Waals surface area contributed by atoms with E-state index < -0.39 is 10.0 Å². The molecule has 0 atom stereocenters. The van der Waals surface area contributed by atoms with E-state index in [0.29, 0.717) is 35.2 Å². The van der Waals surface area contributed by atoms with Crippen LogP contribution in [0.5, 0.6) is 5.75 Å². The van der Waals surface area contributed by atoms with Crippen LogP contribution in [0.2, 0.25) is 5.02 Å². The number of methoxy groups -OCH3 is 1. The molecule has 0 saturated carbocycles. The van der Waals surface area contributed by atoms with E-state index in [1.165, 1.54) is 13.2 Å². The lowest BCUT2D eigenvalue weighted by atomic mass is 10.1. The Kier molecular flexibility index (Phi) is 6.14. The quantitative estimate of drug-likeness (QED) is 0.769. The van der Waals surface area contributed by atoms with Crippen LogP contribution < -0.4 is 9.46 Å². The van der Waals surface area contributed by atoms with E-state index in [1.54, 1.807) is 42.5 Å². The van der Waals surface area contributed by atoms with E-state index in [2.05, 4.69) is 4.72 Å². The third kappa shape index (κ3) is 4.09. The molecule has 0 spiro atoms. The molecule has 158 valence electrons. The number of hydrogen-bond donors (Lipinski definition) is 1. The number of benzene rings is 1. The zero-order valence-corrected chi connectivity index (χ0v) is 18.7. The number of aromatic nitrogens is 1. The van der Waals surface area contributed by atoms with Crippen molar-refractivity contribution in [2.24, 2.45) is 7.05 Å². The lowest BCUT2D eigenvalue weighted by Gasteiger charge is -2.27. The molecule has 7 nitrogen and oxygen atoms in total. The topological polar surface area (TPSA) is 80.6 Å². The fraction of sp³-hybridized carbons (Fsp3) is 0.450. The van der Waals surface area contributed by atoms with Crippen molar-refractivity contribution in [2.45, 2.75) is 38.0 Å². The molecular weight excluding hydrogens is 414 g/mol. The number of halogens is 1. The largest absolute Gasteiger partial charge is 0.495 e. The van der Waals surface area contributed by atoms with Crippen LogP contribution in [0.1, 0.15) is 41.0 Å². The van der Waals surface area contributed by atoms with Gasteiger partial charge in [-0.15, -0.1) is 0 Å². The summed E-state index contributed by atoms with van der Waals surface area (Å²) in [4.78, 5) is 15.0. The molecule has 3 rings (SSSR count). The molecule has 2 heterocycles. The number of ether oxygens (including phenoxy) is 1. The van der Waals surface area contributed by atoms with Crippen molar-refractivity contribution in [3.63, 3.8) is 0 Å². The molecule has 2 aromatic rings. The number of anilines is 1. The second-order valence-corrected chi connectivity index (χ2v) is 9.29. The van der Waals surface area contributed by atoms with Crippen LogP contribution in [0.15, 0.2) is 23.1 Å². The predicted octanol–water partition coefficient (Wildman–Crippen LogP) is 3.73. The standard InChI is InChI=1S/C20H26ClN3O4S/c1-13-18(20(25)24-10-6-5-7-11-24)19(14(2)23(13)3)29(26,27)22-16-12-15(21)8-9-17(16)28-4/h8-9,12,22H,5-7,10-11H2,1-4H3. The number of rotatable bonds is 5. The van der Waals surface area contributed by atoms with Crippen molar-refractivity contribution in [1.82, 2.24) is 9.47 Å². The van der Waals surface area contributed by atoms with Gasteiger partial charge < -0.3 is 14.2 Å². The fourth-order valence-electron chi connectivity index (χ4n) is 3.71. The summed E-state index contributed by atoms with van der Waals surface area (Å²) in [6, 6.07) is 4.68. The first-order valence-corrected chi connectivity index (χ1v) is 11.3. The number of carbonyl (C=O) groups excluding carboxylic acids is 1. The van der Waals surface area contributed by atoms with Gasteiger partial charge in [-0.1, -0.05) is 11.6 Å². The average molecular weight is 440 g/mol. The summed E-state index contributed by atoms with van der Waals surface area (Å²) in [5, 5.41) is 0.370. The molecule has 1 aliphatic rings. The Balaban J connectivity index is 2.09. The number of amides is 1. The van der Waals surface area contributed by atoms with Gasteiger partial charge in [0.2, 0.25) is 0 Å². The van der Waals surface area contributed by atoms with Crippen molar-refractivity contribution in [1.29, 1.82) is 0 Å². The molecular formula is C20H26ClN3O4S. The number of piperidine rings is 1. The van der Waals surface area contributed by atoms with Crippen LogP contribution >= 0.6 is 11.6 Å². The van der Waals surface area contributed by atoms with Gasteiger partial charge in [0.1, 0.15) is 10.6 Å². The Morgan fingerprint density at radius 1 is 1.14 bits per heavy atom. The maximum absolute atomic E-state index is 13.4. The van der Waals surface area contributed by atoms with Crippen molar-refractivity contribution in [3.05, 3.63) is 40.2 Å². The average Bonchev–Trinajstić information content (AvgIpc) is 2.92. The van der Waals surface area contributed by atoms with Crippen molar-refractivity contribution in [2.75, 3.05) is 24.9 Å². The second kappa shape index (κ2) is 8.28. The number of carbonyl (C=O) groups is 1. The third-order valence-electron chi connectivity index (χ3n) is 5.46. The maximum Gasteiger partial charge on any atom is 0.264 e. The molecule has 1 saturated heterocycles. The Morgan fingerprint density at radius 2 is 1.79 bits per heavy atom. The minimum atomic E-state index is -4.07. The Labute approximate surface area is 176 Å². The minimum absolute atomic E-state index is 0.00454.